The van der Waals surface area contributed by atoms with E-state index in [1.165, 1.54) is 231 Å². The smallest absolute Gasteiger partial charge is 0.306 e. The van der Waals surface area contributed by atoms with Crippen molar-refractivity contribution in [2.75, 3.05) is 13.2 Å². The third-order valence-corrected chi connectivity index (χ3v) is 14.4. The summed E-state index contributed by atoms with van der Waals surface area (Å²) in [6, 6.07) is 0. The van der Waals surface area contributed by atoms with Gasteiger partial charge in [0.15, 0.2) is 6.10 Å². The molecule has 0 heterocycles. The molecule has 6 nitrogen and oxygen atoms in total. The van der Waals surface area contributed by atoms with Gasteiger partial charge < -0.3 is 14.2 Å². The lowest BCUT2D eigenvalue weighted by Gasteiger charge is -2.18. The molecule has 0 rings (SSSR count). The Morgan fingerprint density at radius 3 is 0.623 bits per heavy atom. The van der Waals surface area contributed by atoms with Gasteiger partial charge in [-0.2, -0.15) is 0 Å². The van der Waals surface area contributed by atoms with Crippen LogP contribution < -0.4 is 0 Å². The normalized spacial score (nSPS) is 12.1. The first kappa shape index (κ1) is 67.4. The predicted molar refractivity (Wildman–Crippen MR) is 298 cm³/mol. The second-order valence-electron chi connectivity index (χ2n) is 23.1. The number of hydrogen-bond donors (Lipinski definition) is 0. The molecule has 0 radical (unpaired) electrons. The number of unbranched alkanes of at least 4 members (excludes halogenated alkanes) is 39. The fourth-order valence-electron chi connectivity index (χ4n) is 9.71. The van der Waals surface area contributed by atoms with Gasteiger partial charge in [0.25, 0.3) is 0 Å². The van der Waals surface area contributed by atoms with E-state index in [0.29, 0.717) is 19.3 Å². The number of ether oxygens (including phenoxy) is 3. The van der Waals surface area contributed by atoms with Crippen LogP contribution in [0.5, 0.6) is 0 Å². The van der Waals surface area contributed by atoms with Crippen molar-refractivity contribution in [1.82, 2.24) is 0 Å². The van der Waals surface area contributed by atoms with Crippen LogP contribution in [0.4, 0.5) is 0 Å². The molecule has 0 saturated carbocycles. The summed E-state index contributed by atoms with van der Waals surface area (Å²) in [7, 11) is 0. The van der Waals surface area contributed by atoms with E-state index in [2.05, 4.69) is 41.5 Å². The van der Waals surface area contributed by atoms with Gasteiger partial charge in [0, 0.05) is 19.3 Å². The topological polar surface area (TPSA) is 78.9 Å². The minimum absolute atomic E-state index is 0.0629. The number of rotatable bonds is 56. The highest BCUT2D eigenvalue weighted by molar-refractivity contribution is 5.71. The van der Waals surface area contributed by atoms with E-state index in [9.17, 15) is 14.4 Å². The van der Waals surface area contributed by atoms with Gasteiger partial charge in [0.2, 0.25) is 0 Å². The van der Waals surface area contributed by atoms with Crippen molar-refractivity contribution >= 4 is 17.9 Å². The van der Waals surface area contributed by atoms with Gasteiger partial charge in [-0.15, -0.1) is 0 Å². The minimum atomic E-state index is -0.764. The Hall–Kier alpha value is -1.59. The molecule has 0 bridgehead atoms. The van der Waals surface area contributed by atoms with E-state index in [1.807, 2.05) is 0 Å². The molecule has 1 atom stereocenters. The molecule has 0 aliphatic carbocycles. The van der Waals surface area contributed by atoms with E-state index in [-0.39, 0.29) is 31.1 Å². The monoisotopic (exact) mass is 975 g/mol. The average molecular weight is 976 g/mol. The van der Waals surface area contributed by atoms with E-state index in [0.717, 1.165) is 75.5 Å². The Morgan fingerprint density at radius 2 is 0.420 bits per heavy atom. The van der Waals surface area contributed by atoms with E-state index >= 15 is 0 Å². The summed E-state index contributed by atoms with van der Waals surface area (Å²) in [5, 5.41) is 0. The van der Waals surface area contributed by atoms with Gasteiger partial charge in [-0.25, -0.2) is 0 Å². The van der Waals surface area contributed by atoms with Gasteiger partial charge in [0.1, 0.15) is 13.2 Å². The van der Waals surface area contributed by atoms with Gasteiger partial charge in [-0.05, 0) is 37.0 Å². The van der Waals surface area contributed by atoms with Crippen LogP contribution in [0.25, 0.3) is 0 Å². The largest absolute Gasteiger partial charge is 0.462 e. The zero-order valence-corrected chi connectivity index (χ0v) is 47.6. The van der Waals surface area contributed by atoms with Gasteiger partial charge in [-0.1, -0.05) is 311 Å². The molecule has 0 saturated heterocycles. The quantitative estimate of drug-likeness (QED) is 0.0343. The summed E-state index contributed by atoms with van der Waals surface area (Å²) in [6.45, 7) is 13.8. The lowest BCUT2D eigenvalue weighted by Crippen LogP contribution is -2.30. The summed E-state index contributed by atoms with van der Waals surface area (Å²) in [5.41, 5.74) is 0. The zero-order chi connectivity index (χ0) is 50.5. The maximum atomic E-state index is 12.9. The second-order valence-corrected chi connectivity index (χ2v) is 23.1. The van der Waals surface area contributed by atoms with Gasteiger partial charge in [-0.3, -0.25) is 14.4 Å². The molecule has 0 fully saturated rings. The zero-order valence-electron chi connectivity index (χ0n) is 47.6. The Morgan fingerprint density at radius 1 is 0.246 bits per heavy atom. The molecule has 410 valence electrons. The third-order valence-electron chi connectivity index (χ3n) is 14.4. The molecule has 0 aromatic heterocycles. The fourth-order valence-corrected chi connectivity index (χ4v) is 9.71. The van der Waals surface area contributed by atoms with E-state index < -0.39 is 6.10 Å². The highest BCUT2D eigenvalue weighted by atomic mass is 16.6. The Bertz CT molecular complexity index is 1070. The van der Waals surface area contributed by atoms with Crippen molar-refractivity contribution in [3.05, 3.63) is 0 Å². The molecule has 0 aliphatic heterocycles. The van der Waals surface area contributed by atoms with Crippen LogP contribution in [-0.4, -0.2) is 37.2 Å². The summed E-state index contributed by atoms with van der Waals surface area (Å²) in [6.07, 6.45) is 58.2. The van der Waals surface area contributed by atoms with Gasteiger partial charge >= 0.3 is 17.9 Å². The Labute approximate surface area is 431 Å². The van der Waals surface area contributed by atoms with Crippen molar-refractivity contribution < 1.29 is 28.6 Å². The molecule has 0 aliphatic rings. The molecular weight excluding hydrogens is 853 g/mol. The maximum absolute atomic E-state index is 12.9. The minimum Gasteiger partial charge on any atom is -0.462 e. The highest BCUT2D eigenvalue weighted by Crippen LogP contribution is 2.19. The van der Waals surface area contributed by atoms with Crippen molar-refractivity contribution in [2.45, 2.75) is 356 Å². The average Bonchev–Trinajstić information content (AvgIpc) is 3.31. The van der Waals surface area contributed by atoms with Crippen LogP contribution in [0, 0.1) is 17.8 Å². The van der Waals surface area contributed by atoms with Crippen LogP contribution in [0.3, 0.4) is 0 Å². The summed E-state index contributed by atoms with van der Waals surface area (Å²) in [4.78, 5) is 38.2. The lowest BCUT2D eigenvalue weighted by atomic mass is 10.0. The fraction of sp³-hybridized carbons (Fsp3) is 0.952. The van der Waals surface area contributed by atoms with Crippen LogP contribution in [0.1, 0.15) is 350 Å². The first-order valence-corrected chi connectivity index (χ1v) is 31.1. The predicted octanol–water partition coefficient (Wildman–Crippen LogP) is 20.7. The molecular formula is C63H122O6. The SMILES string of the molecule is CC(C)CCCCCCCCCCCCCCCCCCCCC(=O)OC[C@@H](COC(=O)CCCCCCCCCCCCC(C)C)OC(=O)CCCCCCCCCCCCCCCCC(C)C. The standard InChI is InChI=1S/C63H122O6/c1-57(2)49-43-37-31-25-19-15-11-9-7-8-10-12-17-21-28-34-40-46-52-61(64)67-55-60(56-68-62(65)53-47-41-35-29-24-23-27-33-39-45-51-59(5)6)69-63(66)54-48-42-36-30-22-18-14-13-16-20-26-32-38-44-50-58(3)4/h57-60H,7-56H2,1-6H3/t60-/m0/s1. The third kappa shape index (κ3) is 57.2. The molecule has 0 unspecified atom stereocenters. The van der Waals surface area contributed by atoms with Crippen LogP contribution >= 0.6 is 0 Å². The summed E-state index contributed by atoms with van der Waals surface area (Å²) >= 11 is 0. The van der Waals surface area contributed by atoms with E-state index in [1.54, 1.807) is 0 Å². The van der Waals surface area contributed by atoms with Crippen molar-refractivity contribution in [2.24, 2.45) is 17.8 Å². The molecule has 0 aromatic rings. The number of carbonyl (C=O) groups excluding carboxylic acids is 3. The maximum Gasteiger partial charge on any atom is 0.306 e. The number of esters is 3. The first-order chi connectivity index (χ1) is 33.6. The Kier molecular flexibility index (Phi) is 52.9. The first-order valence-electron chi connectivity index (χ1n) is 31.1. The van der Waals surface area contributed by atoms with Gasteiger partial charge in [0.05, 0.1) is 0 Å². The molecule has 0 aromatic carbocycles. The van der Waals surface area contributed by atoms with Crippen LogP contribution in [0.2, 0.25) is 0 Å². The van der Waals surface area contributed by atoms with Crippen LogP contribution in [0.15, 0.2) is 0 Å². The van der Waals surface area contributed by atoms with Crippen LogP contribution in [-0.2, 0) is 28.6 Å². The van der Waals surface area contributed by atoms with E-state index in [4.69, 9.17) is 14.2 Å². The van der Waals surface area contributed by atoms with Crippen molar-refractivity contribution in [3.8, 4) is 0 Å². The molecule has 6 heteroatoms. The Balaban J connectivity index is 4.25. The number of hydrogen-bond acceptors (Lipinski definition) is 6. The molecule has 0 spiro atoms. The highest BCUT2D eigenvalue weighted by Gasteiger charge is 2.19. The van der Waals surface area contributed by atoms with Crippen molar-refractivity contribution in [3.63, 3.8) is 0 Å². The second kappa shape index (κ2) is 54.2. The summed E-state index contributed by atoms with van der Waals surface area (Å²) < 4.78 is 16.9. The molecule has 69 heavy (non-hydrogen) atoms. The summed E-state index contributed by atoms with van der Waals surface area (Å²) in [5.74, 6) is 1.68. The van der Waals surface area contributed by atoms with Crippen molar-refractivity contribution in [1.29, 1.82) is 0 Å². The number of carbonyl (C=O) groups is 3. The molecule has 0 N–H and O–H groups in total. The molecule has 0 amide bonds. The lowest BCUT2D eigenvalue weighted by molar-refractivity contribution is -0.167.